The van der Waals surface area contributed by atoms with Crippen molar-refractivity contribution in [2.75, 3.05) is 10.7 Å². The molecule has 1 aromatic carbocycles. The van der Waals surface area contributed by atoms with Gasteiger partial charge in [0.2, 0.25) is 0 Å². The van der Waals surface area contributed by atoms with Crippen LogP contribution in [0.15, 0.2) is 29.6 Å². The Morgan fingerprint density at radius 1 is 1.00 bits per heavy atom. The number of rotatable bonds is 4. The van der Waals surface area contributed by atoms with Crippen molar-refractivity contribution in [1.29, 1.82) is 0 Å². The molecule has 3 N–H and O–H groups in total. The quantitative estimate of drug-likeness (QED) is 0.422. The minimum Gasteiger partial charge on any atom is -0.290 e. The molecule has 0 saturated heterocycles. The number of urea groups is 1. The van der Waals surface area contributed by atoms with Gasteiger partial charge in [-0.05, 0) is 56.5 Å². The summed E-state index contributed by atoms with van der Waals surface area (Å²) in [5, 5.41) is 10.8. The third kappa shape index (κ3) is 3.84. The van der Waals surface area contributed by atoms with Crippen LogP contribution in [0, 0.1) is 27.7 Å². The van der Waals surface area contributed by atoms with Crippen molar-refractivity contribution < 1.29 is 4.79 Å². The second-order valence-corrected chi connectivity index (χ2v) is 8.13. The SMILES string of the molecule is Cc1ccc(-c2nc(NC(=O)NNc3cc(C)c4c(C)nn(C)c4n3)cs2)cc1C. The first kappa shape index (κ1) is 19.8. The average molecular weight is 422 g/mol. The molecule has 3 heterocycles. The summed E-state index contributed by atoms with van der Waals surface area (Å²) in [4.78, 5) is 21.3. The Morgan fingerprint density at radius 2 is 1.80 bits per heavy atom. The molecule has 2 amide bonds. The summed E-state index contributed by atoms with van der Waals surface area (Å²) in [5.41, 5.74) is 11.7. The summed E-state index contributed by atoms with van der Waals surface area (Å²) in [5.74, 6) is 1.03. The summed E-state index contributed by atoms with van der Waals surface area (Å²) in [6, 6.07) is 7.66. The molecule has 9 heteroatoms. The summed E-state index contributed by atoms with van der Waals surface area (Å²) in [6.07, 6.45) is 0. The standard InChI is InChI=1S/C21H23N7OS/c1-11-6-7-15(8-12(11)2)20-23-17(10-30-20)24-21(29)26-25-16-9-13(3)18-14(4)27-28(5)19(18)22-16/h6-10H,1-5H3,(H,22,25)(H2,24,26,29). The highest BCUT2D eigenvalue weighted by Gasteiger charge is 2.12. The van der Waals surface area contributed by atoms with Gasteiger partial charge in [-0.1, -0.05) is 12.1 Å². The number of thiazole rings is 1. The molecule has 0 unspecified atom stereocenters. The number of nitrogens with one attached hydrogen (secondary N) is 3. The largest absolute Gasteiger partial charge is 0.339 e. The van der Waals surface area contributed by atoms with Gasteiger partial charge >= 0.3 is 6.03 Å². The van der Waals surface area contributed by atoms with Gasteiger partial charge in [0.1, 0.15) is 16.6 Å². The van der Waals surface area contributed by atoms with Crippen LogP contribution in [0.3, 0.4) is 0 Å². The van der Waals surface area contributed by atoms with Crippen molar-refractivity contribution in [2.24, 2.45) is 7.05 Å². The Balaban J connectivity index is 1.42. The number of fused-ring (bicyclic) bond motifs is 1. The minimum atomic E-state index is -0.423. The lowest BCUT2D eigenvalue weighted by Gasteiger charge is -2.09. The predicted molar refractivity (Wildman–Crippen MR) is 121 cm³/mol. The van der Waals surface area contributed by atoms with Crippen LogP contribution in [0.1, 0.15) is 22.4 Å². The summed E-state index contributed by atoms with van der Waals surface area (Å²) < 4.78 is 1.73. The summed E-state index contributed by atoms with van der Waals surface area (Å²) in [7, 11) is 1.85. The lowest BCUT2D eigenvalue weighted by Crippen LogP contribution is -2.34. The second kappa shape index (κ2) is 7.75. The molecule has 4 rings (SSSR count). The number of aromatic nitrogens is 4. The Labute approximate surface area is 178 Å². The van der Waals surface area contributed by atoms with E-state index in [1.54, 1.807) is 4.68 Å². The molecular formula is C21H23N7OS. The van der Waals surface area contributed by atoms with E-state index in [0.717, 1.165) is 32.9 Å². The fourth-order valence-corrected chi connectivity index (χ4v) is 4.08. The van der Waals surface area contributed by atoms with Gasteiger partial charge < -0.3 is 0 Å². The molecule has 0 fully saturated rings. The molecular weight excluding hydrogens is 398 g/mol. The van der Waals surface area contributed by atoms with Crippen molar-refractivity contribution in [3.8, 4) is 10.6 Å². The smallest absolute Gasteiger partial charge is 0.290 e. The minimum absolute atomic E-state index is 0.423. The number of amides is 2. The zero-order valence-electron chi connectivity index (χ0n) is 17.5. The number of carbonyl (C=O) groups is 1. The first-order valence-corrected chi connectivity index (χ1v) is 10.4. The molecule has 0 aliphatic carbocycles. The van der Waals surface area contributed by atoms with Crippen LogP contribution in [-0.2, 0) is 7.05 Å². The molecule has 0 spiro atoms. The van der Waals surface area contributed by atoms with Crippen LogP contribution in [0.2, 0.25) is 0 Å². The highest BCUT2D eigenvalue weighted by Crippen LogP contribution is 2.27. The van der Waals surface area contributed by atoms with Crippen LogP contribution in [0.4, 0.5) is 16.4 Å². The van der Waals surface area contributed by atoms with Gasteiger partial charge in [-0.25, -0.2) is 20.2 Å². The van der Waals surface area contributed by atoms with E-state index in [0.29, 0.717) is 11.6 Å². The second-order valence-electron chi connectivity index (χ2n) is 7.27. The average Bonchev–Trinajstić information content (AvgIpc) is 3.27. The molecule has 0 atom stereocenters. The van der Waals surface area contributed by atoms with Gasteiger partial charge in [0.15, 0.2) is 5.65 Å². The van der Waals surface area contributed by atoms with E-state index < -0.39 is 6.03 Å². The van der Waals surface area contributed by atoms with Gasteiger partial charge in [0, 0.05) is 23.4 Å². The summed E-state index contributed by atoms with van der Waals surface area (Å²) in [6.45, 7) is 8.10. The number of hydrazine groups is 1. The van der Waals surface area contributed by atoms with Crippen LogP contribution >= 0.6 is 11.3 Å². The molecule has 0 aliphatic heterocycles. The molecule has 0 bridgehead atoms. The first-order chi connectivity index (χ1) is 14.3. The normalized spacial score (nSPS) is 11.0. The Bertz CT molecular complexity index is 1260. The highest BCUT2D eigenvalue weighted by molar-refractivity contribution is 7.13. The van der Waals surface area contributed by atoms with Crippen LogP contribution in [0.5, 0.6) is 0 Å². The van der Waals surface area contributed by atoms with Gasteiger partial charge in [-0.2, -0.15) is 5.10 Å². The topological polar surface area (TPSA) is 96.8 Å². The van der Waals surface area contributed by atoms with Gasteiger partial charge in [0.25, 0.3) is 0 Å². The maximum atomic E-state index is 12.3. The van der Waals surface area contributed by atoms with Gasteiger partial charge in [-0.3, -0.25) is 15.4 Å². The molecule has 0 saturated carbocycles. The lowest BCUT2D eigenvalue weighted by atomic mass is 10.1. The third-order valence-corrected chi connectivity index (χ3v) is 5.86. The third-order valence-electron chi connectivity index (χ3n) is 4.97. The van der Waals surface area contributed by atoms with Gasteiger partial charge in [-0.15, -0.1) is 11.3 Å². The van der Waals surface area contributed by atoms with Crippen molar-refractivity contribution in [3.63, 3.8) is 0 Å². The molecule has 30 heavy (non-hydrogen) atoms. The number of carbonyl (C=O) groups excluding carboxylic acids is 1. The number of nitrogens with zero attached hydrogens (tertiary/aromatic N) is 4. The molecule has 4 aromatic rings. The van der Waals surface area contributed by atoms with Crippen molar-refractivity contribution in [1.82, 2.24) is 25.2 Å². The van der Waals surface area contributed by atoms with Crippen molar-refractivity contribution >= 4 is 40.0 Å². The molecule has 154 valence electrons. The highest BCUT2D eigenvalue weighted by atomic mass is 32.1. The monoisotopic (exact) mass is 421 g/mol. The Morgan fingerprint density at radius 3 is 2.57 bits per heavy atom. The zero-order chi connectivity index (χ0) is 21.4. The fraction of sp³-hybridized carbons (Fsp3) is 0.238. The van der Waals surface area contributed by atoms with Crippen LogP contribution in [-0.4, -0.2) is 25.8 Å². The van der Waals surface area contributed by atoms with E-state index in [1.165, 1.54) is 22.5 Å². The fourth-order valence-electron chi connectivity index (χ4n) is 3.33. The lowest BCUT2D eigenvalue weighted by molar-refractivity contribution is 0.253. The summed E-state index contributed by atoms with van der Waals surface area (Å²) >= 11 is 1.48. The number of aryl methyl sites for hydroxylation is 5. The van der Waals surface area contributed by atoms with Gasteiger partial charge in [0.05, 0.1) is 5.69 Å². The Hall–Kier alpha value is -3.46. The van der Waals surface area contributed by atoms with Crippen LogP contribution < -0.4 is 16.2 Å². The van der Waals surface area contributed by atoms with Crippen molar-refractivity contribution in [3.05, 3.63) is 52.0 Å². The molecule has 8 nitrogen and oxygen atoms in total. The van der Waals surface area contributed by atoms with E-state index in [9.17, 15) is 4.79 Å². The number of hydrogen-bond acceptors (Lipinski definition) is 6. The number of pyridine rings is 1. The zero-order valence-corrected chi connectivity index (χ0v) is 18.3. The van der Waals surface area contributed by atoms with E-state index in [-0.39, 0.29) is 0 Å². The number of hydrogen-bond donors (Lipinski definition) is 3. The van der Waals surface area contributed by atoms with E-state index in [2.05, 4.69) is 57.2 Å². The number of benzene rings is 1. The maximum Gasteiger partial charge on any atom is 0.339 e. The predicted octanol–water partition coefficient (Wildman–Crippen LogP) is 4.47. The van der Waals surface area contributed by atoms with E-state index >= 15 is 0 Å². The Kier molecular flexibility index (Phi) is 5.13. The van der Waals surface area contributed by atoms with E-state index in [1.807, 2.05) is 38.4 Å². The van der Waals surface area contributed by atoms with Crippen LogP contribution in [0.25, 0.3) is 21.6 Å². The van der Waals surface area contributed by atoms with E-state index in [4.69, 9.17) is 0 Å². The molecule has 0 radical (unpaired) electrons. The first-order valence-electron chi connectivity index (χ1n) is 9.49. The van der Waals surface area contributed by atoms with Crippen molar-refractivity contribution in [2.45, 2.75) is 27.7 Å². The maximum absolute atomic E-state index is 12.3. The number of anilines is 2. The molecule has 3 aromatic heterocycles. The molecule has 0 aliphatic rings.